The van der Waals surface area contributed by atoms with Gasteiger partial charge < -0.3 is 15.0 Å². The second-order valence-corrected chi connectivity index (χ2v) is 7.13. The van der Waals surface area contributed by atoms with Gasteiger partial charge in [0.15, 0.2) is 0 Å². The van der Waals surface area contributed by atoms with Crippen LogP contribution in [0, 0.1) is 0 Å². The fourth-order valence-corrected chi connectivity index (χ4v) is 3.26. The topological polar surface area (TPSA) is 72.5 Å². The van der Waals surface area contributed by atoms with E-state index < -0.39 is 5.60 Å². The third-order valence-corrected chi connectivity index (χ3v) is 4.56. The number of piperidine rings is 1. The second-order valence-electron chi connectivity index (χ2n) is 7.13. The molecule has 0 unspecified atom stereocenters. The SMILES string of the molecule is CN(C)CC1(O)CCN(Cc2cc(=O)[nH]c(C3CC3)n2)CC1. The lowest BCUT2D eigenvalue weighted by atomic mass is 9.91. The van der Waals surface area contributed by atoms with Gasteiger partial charge in [-0.25, -0.2) is 4.98 Å². The van der Waals surface area contributed by atoms with Gasteiger partial charge in [0.25, 0.3) is 5.56 Å². The van der Waals surface area contributed by atoms with Crippen molar-refractivity contribution in [1.82, 2.24) is 19.8 Å². The van der Waals surface area contributed by atoms with E-state index in [1.165, 1.54) is 0 Å². The number of nitrogens with zero attached hydrogens (tertiary/aromatic N) is 3. The molecule has 22 heavy (non-hydrogen) atoms. The van der Waals surface area contributed by atoms with E-state index in [1.54, 1.807) is 6.07 Å². The van der Waals surface area contributed by atoms with Crippen molar-refractivity contribution in [3.8, 4) is 0 Å². The van der Waals surface area contributed by atoms with Gasteiger partial charge in [0.05, 0.1) is 11.3 Å². The molecule has 0 aromatic carbocycles. The highest BCUT2D eigenvalue weighted by Crippen LogP contribution is 2.37. The van der Waals surface area contributed by atoms with Gasteiger partial charge >= 0.3 is 0 Å². The predicted octanol–water partition coefficient (Wildman–Crippen LogP) is 0.536. The molecule has 0 spiro atoms. The standard InChI is InChI=1S/C16H26N4O2/c1-19(2)11-16(22)5-7-20(8-6-16)10-13-9-14(21)18-15(17-13)12-3-4-12/h9,12,22H,3-8,10-11H2,1-2H3,(H,17,18,21). The monoisotopic (exact) mass is 306 g/mol. The van der Waals surface area contributed by atoms with E-state index in [0.29, 0.717) is 19.0 Å². The first-order valence-electron chi connectivity index (χ1n) is 8.13. The molecule has 2 heterocycles. The highest BCUT2D eigenvalue weighted by Gasteiger charge is 2.33. The molecule has 122 valence electrons. The number of aromatic amines is 1. The van der Waals surface area contributed by atoms with Crippen molar-refractivity contribution in [2.24, 2.45) is 0 Å². The van der Waals surface area contributed by atoms with E-state index >= 15 is 0 Å². The van der Waals surface area contributed by atoms with E-state index in [2.05, 4.69) is 14.9 Å². The average Bonchev–Trinajstić information content (AvgIpc) is 3.24. The summed E-state index contributed by atoms with van der Waals surface area (Å²) in [5.41, 5.74) is 0.220. The van der Waals surface area contributed by atoms with Crippen LogP contribution in [0.2, 0.25) is 0 Å². The Morgan fingerprint density at radius 1 is 1.41 bits per heavy atom. The lowest BCUT2D eigenvalue weighted by molar-refractivity contribution is -0.0390. The van der Waals surface area contributed by atoms with E-state index in [1.807, 2.05) is 19.0 Å². The molecule has 1 saturated carbocycles. The van der Waals surface area contributed by atoms with Crippen molar-refractivity contribution in [3.63, 3.8) is 0 Å². The van der Waals surface area contributed by atoms with Gasteiger partial charge in [-0.3, -0.25) is 9.69 Å². The molecule has 6 nitrogen and oxygen atoms in total. The van der Waals surface area contributed by atoms with Crippen LogP contribution in [-0.2, 0) is 6.54 Å². The van der Waals surface area contributed by atoms with Crippen molar-refractivity contribution in [3.05, 3.63) is 27.9 Å². The summed E-state index contributed by atoms with van der Waals surface area (Å²) in [7, 11) is 3.98. The van der Waals surface area contributed by atoms with Crippen molar-refractivity contribution < 1.29 is 5.11 Å². The summed E-state index contributed by atoms with van der Waals surface area (Å²) in [5, 5.41) is 10.6. The van der Waals surface area contributed by atoms with E-state index in [9.17, 15) is 9.90 Å². The number of likely N-dealkylation sites (tertiary alicyclic amines) is 1. The first-order chi connectivity index (χ1) is 10.4. The smallest absolute Gasteiger partial charge is 0.251 e. The first-order valence-corrected chi connectivity index (χ1v) is 8.13. The van der Waals surface area contributed by atoms with Gasteiger partial charge in [-0.05, 0) is 39.8 Å². The Kier molecular flexibility index (Phi) is 4.34. The highest BCUT2D eigenvalue weighted by atomic mass is 16.3. The maximum Gasteiger partial charge on any atom is 0.251 e. The van der Waals surface area contributed by atoms with Gasteiger partial charge in [0, 0.05) is 38.2 Å². The number of aromatic nitrogens is 2. The lowest BCUT2D eigenvalue weighted by Crippen LogP contribution is -2.49. The summed E-state index contributed by atoms with van der Waals surface area (Å²) in [6, 6.07) is 1.60. The van der Waals surface area contributed by atoms with Crippen LogP contribution in [0.25, 0.3) is 0 Å². The maximum absolute atomic E-state index is 11.7. The molecule has 6 heteroatoms. The normalized spacial score (nSPS) is 22.2. The molecule has 2 fully saturated rings. The zero-order valence-electron chi connectivity index (χ0n) is 13.5. The lowest BCUT2D eigenvalue weighted by Gasteiger charge is -2.39. The first kappa shape index (κ1) is 15.6. The fraction of sp³-hybridized carbons (Fsp3) is 0.750. The summed E-state index contributed by atoms with van der Waals surface area (Å²) in [4.78, 5) is 23.5. The molecule has 0 bridgehead atoms. The average molecular weight is 306 g/mol. The molecule has 2 aliphatic rings. The number of H-pyrrole nitrogens is 1. The molecule has 0 radical (unpaired) electrons. The predicted molar refractivity (Wildman–Crippen MR) is 84.8 cm³/mol. The minimum atomic E-state index is -0.583. The molecule has 0 atom stereocenters. The summed E-state index contributed by atoms with van der Waals surface area (Å²) in [6.45, 7) is 3.09. The molecular weight excluding hydrogens is 280 g/mol. The van der Waals surface area contributed by atoms with Gasteiger partial charge in [0.1, 0.15) is 5.82 Å². The van der Waals surface area contributed by atoms with E-state index in [-0.39, 0.29) is 5.56 Å². The highest BCUT2D eigenvalue weighted by molar-refractivity contribution is 5.10. The van der Waals surface area contributed by atoms with Crippen LogP contribution in [-0.4, -0.2) is 64.2 Å². The fourth-order valence-electron chi connectivity index (χ4n) is 3.26. The molecule has 3 rings (SSSR count). The van der Waals surface area contributed by atoms with Crippen LogP contribution < -0.4 is 5.56 Å². The Hall–Kier alpha value is -1.24. The number of hydrogen-bond donors (Lipinski definition) is 2. The van der Waals surface area contributed by atoms with Crippen LogP contribution in [0.1, 0.15) is 43.1 Å². The summed E-state index contributed by atoms with van der Waals surface area (Å²) >= 11 is 0. The summed E-state index contributed by atoms with van der Waals surface area (Å²) in [6.07, 6.45) is 3.80. The number of hydrogen-bond acceptors (Lipinski definition) is 5. The van der Waals surface area contributed by atoms with Crippen LogP contribution >= 0.6 is 0 Å². The van der Waals surface area contributed by atoms with Gasteiger partial charge in [-0.1, -0.05) is 0 Å². The molecule has 0 amide bonds. The largest absolute Gasteiger partial charge is 0.388 e. The zero-order valence-corrected chi connectivity index (χ0v) is 13.5. The quantitative estimate of drug-likeness (QED) is 0.830. The van der Waals surface area contributed by atoms with E-state index in [0.717, 1.165) is 50.3 Å². The van der Waals surface area contributed by atoms with Crippen molar-refractivity contribution in [1.29, 1.82) is 0 Å². The molecule has 1 aliphatic carbocycles. The molecule has 1 aromatic rings. The van der Waals surface area contributed by atoms with Crippen LogP contribution in [0.5, 0.6) is 0 Å². The number of likely N-dealkylation sites (N-methyl/N-ethyl adjacent to an activating group) is 1. The molecule has 1 saturated heterocycles. The van der Waals surface area contributed by atoms with Crippen LogP contribution in [0.3, 0.4) is 0 Å². The zero-order chi connectivity index (χ0) is 15.7. The third-order valence-electron chi connectivity index (χ3n) is 4.56. The number of aliphatic hydroxyl groups is 1. The Morgan fingerprint density at radius 3 is 2.68 bits per heavy atom. The molecular formula is C16H26N4O2. The van der Waals surface area contributed by atoms with Crippen molar-refractivity contribution in [2.45, 2.75) is 43.7 Å². The Balaban J connectivity index is 1.60. The van der Waals surface area contributed by atoms with E-state index in [4.69, 9.17) is 0 Å². The van der Waals surface area contributed by atoms with Crippen LogP contribution in [0.15, 0.2) is 10.9 Å². The Bertz CT molecular complexity index is 572. The minimum Gasteiger partial charge on any atom is -0.388 e. The van der Waals surface area contributed by atoms with Gasteiger partial charge in [-0.15, -0.1) is 0 Å². The maximum atomic E-state index is 11.7. The second kappa shape index (κ2) is 6.10. The molecule has 1 aromatic heterocycles. The third kappa shape index (κ3) is 3.94. The van der Waals surface area contributed by atoms with Crippen LogP contribution in [0.4, 0.5) is 0 Å². The van der Waals surface area contributed by atoms with Crippen molar-refractivity contribution in [2.75, 3.05) is 33.7 Å². The van der Waals surface area contributed by atoms with Crippen molar-refractivity contribution >= 4 is 0 Å². The van der Waals surface area contributed by atoms with Gasteiger partial charge in [-0.2, -0.15) is 0 Å². The summed E-state index contributed by atoms with van der Waals surface area (Å²) < 4.78 is 0. The molecule has 1 aliphatic heterocycles. The number of nitrogens with one attached hydrogen (secondary N) is 1. The number of rotatable bonds is 5. The Morgan fingerprint density at radius 2 is 2.09 bits per heavy atom. The summed E-state index contributed by atoms with van der Waals surface area (Å²) in [5.74, 6) is 1.31. The van der Waals surface area contributed by atoms with Gasteiger partial charge in [0.2, 0.25) is 0 Å². The minimum absolute atomic E-state index is 0.0481. The Labute approximate surface area is 131 Å². The molecule has 2 N–H and O–H groups in total.